The van der Waals surface area contributed by atoms with Gasteiger partial charge in [-0.2, -0.15) is 0 Å². The normalized spacial score (nSPS) is 18.0. The summed E-state index contributed by atoms with van der Waals surface area (Å²) in [6, 6.07) is 7.77. The lowest BCUT2D eigenvalue weighted by Gasteiger charge is -1.92. The average molecular weight is 227 g/mol. The molecule has 3 rings (SSSR count). The van der Waals surface area contributed by atoms with Gasteiger partial charge < -0.3 is 9.72 Å². The van der Waals surface area contributed by atoms with E-state index >= 15 is 0 Å². The second kappa shape index (κ2) is 3.59. The van der Waals surface area contributed by atoms with Gasteiger partial charge in [0.25, 0.3) is 0 Å². The quantitative estimate of drug-likeness (QED) is 0.460. The lowest BCUT2D eigenvalue weighted by atomic mass is 10.1. The van der Waals surface area contributed by atoms with E-state index in [1.54, 1.807) is 6.08 Å². The topological polar surface area (TPSA) is 59.2 Å². The van der Waals surface area contributed by atoms with Gasteiger partial charge in [0.2, 0.25) is 0 Å². The first-order valence-corrected chi connectivity index (χ1v) is 5.26. The summed E-state index contributed by atoms with van der Waals surface area (Å²) in [5.41, 5.74) is 2.29. The van der Waals surface area contributed by atoms with Gasteiger partial charge in [-0.15, -0.1) is 0 Å². The number of aromatic amines is 1. The Bertz CT molecular complexity index is 651. The summed E-state index contributed by atoms with van der Waals surface area (Å²) in [6.07, 6.45) is 3.57. The van der Waals surface area contributed by atoms with Crippen molar-refractivity contribution < 1.29 is 14.3 Å². The number of ether oxygens (including phenoxy) is 1. The lowest BCUT2D eigenvalue weighted by Crippen LogP contribution is -1.96. The number of benzene rings is 1. The summed E-state index contributed by atoms with van der Waals surface area (Å²) in [5, 5.41) is 1.02. The van der Waals surface area contributed by atoms with Crippen LogP contribution in [0.25, 0.3) is 17.0 Å². The van der Waals surface area contributed by atoms with Crippen LogP contribution in [0.5, 0.6) is 0 Å². The average Bonchev–Trinajstić information content (AvgIpc) is 2.85. The Hall–Kier alpha value is -2.36. The van der Waals surface area contributed by atoms with Gasteiger partial charge in [0, 0.05) is 28.2 Å². The van der Waals surface area contributed by atoms with Crippen LogP contribution in [-0.4, -0.2) is 16.9 Å². The first-order chi connectivity index (χ1) is 8.24. The number of esters is 2. The summed E-state index contributed by atoms with van der Waals surface area (Å²) in [6.45, 7) is 0. The molecular formula is C13H9NO3. The molecule has 1 aromatic heterocycles. The molecule has 1 aliphatic heterocycles. The number of para-hydroxylation sites is 1. The van der Waals surface area contributed by atoms with Gasteiger partial charge in [0.15, 0.2) is 0 Å². The monoisotopic (exact) mass is 227 g/mol. The number of aromatic nitrogens is 1. The minimum atomic E-state index is -0.541. The third-order valence-electron chi connectivity index (χ3n) is 2.75. The van der Waals surface area contributed by atoms with Gasteiger partial charge in [0.05, 0.1) is 6.42 Å². The maximum Gasteiger partial charge on any atom is 0.342 e. The molecule has 0 unspecified atom stereocenters. The number of nitrogens with one attached hydrogen (secondary N) is 1. The zero-order valence-corrected chi connectivity index (χ0v) is 8.90. The standard InChI is InChI=1S/C13H9NO3/c15-12-6-8(13(16)17-12)5-9-7-14-11-4-2-1-3-10(9)11/h1-5,7,14H,6H2. The van der Waals surface area contributed by atoms with Crippen LogP contribution in [0.15, 0.2) is 36.0 Å². The van der Waals surface area contributed by atoms with E-state index in [0.717, 1.165) is 16.5 Å². The molecule has 1 saturated heterocycles. The first-order valence-electron chi connectivity index (χ1n) is 5.26. The molecule has 84 valence electrons. The molecular weight excluding hydrogens is 218 g/mol. The van der Waals surface area contributed by atoms with Gasteiger partial charge in [-0.1, -0.05) is 18.2 Å². The smallest absolute Gasteiger partial charge is 0.342 e. The Balaban J connectivity index is 2.08. The number of hydrogen-bond acceptors (Lipinski definition) is 3. The molecule has 2 aromatic rings. The van der Waals surface area contributed by atoms with Crippen LogP contribution >= 0.6 is 0 Å². The van der Waals surface area contributed by atoms with Crippen LogP contribution in [0.1, 0.15) is 12.0 Å². The van der Waals surface area contributed by atoms with Gasteiger partial charge in [-0.3, -0.25) is 4.79 Å². The number of H-pyrrole nitrogens is 1. The molecule has 0 amide bonds. The largest absolute Gasteiger partial charge is 0.389 e. The van der Waals surface area contributed by atoms with Crippen molar-refractivity contribution >= 4 is 28.9 Å². The molecule has 4 heteroatoms. The highest BCUT2D eigenvalue weighted by atomic mass is 16.6. The Labute approximate surface area is 96.9 Å². The van der Waals surface area contributed by atoms with E-state index in [1.807, 2.05) is 30.5 Å². The van der Waals surface area contributed by atoms with E-state index in [0.29, 0.717) is 5.57 Å². The zero-order chi connectivity index (χ0) is 11.8. The molecule has 4 nitrogen and oxygen atoms in total. The van der Waals surface area contributed by atoms with Crippen LogP contribution in [0, 0.1) is 0 Å². The number of cyclic esters (lactones) is 2. The molecule has 0 aliphatic carbocycles. The Morgan fingerprint density at radius 1 is 1.24 bits per heavy atom. The first kappa shape index (κ1) is 9.84. The molecule has 0 radical (unpaired) electrons. The highest BCUT2D eigenvalue weighted by molar-refractivity contribution is 6.09. The van der Waals surface area contributed by atoms with Crippen LogP contribution in [0.2, 0.25) is 0 Å². The number of rotatable bonds is 1. The van der Waals surface area contributed by atoms with E-state index in [2.05, 4.69) is 9.72 Å². The number of hydrogen-bond donors (Lipinski definition) is 1. The van der Waals surface area contributed by atoms with E-state index < -0.39 is 11.9 Å². The molecule has 1 N–H and O–H groups in total. The van der Waals surface area contributed by atoms with Crippen molar-refractivity contribution in [3.8, 4) is 0 Å². The highest BCUT2D eigenvalue weighted by Crippen LogP contribution is 2.23. The lowest BCUT2D eigenvalue weighted by molar-refractivity contribution is -0.151. The van der Waals surface area contributed by atoms with E-state index in [9.17, 15) is 9.59 Å². The third-order valence-corrected chi connectivity index (χ3v) is 2.75. The minimum Gasteiger partial charge on any atom is -0.389 e. The minimum absolute atomic E-state index is 0.0539. The molecule has 0 spiro atoms. The summed E-state index contributed by atoms with van der Waals surface area (Å²) in [4.78, 5) is 25.4. The van der Waals surface area contributed by atoms with Crippen LogP contribution in [0.3, 0.4) is 0 Å². The fourth-order valence-corrected chi connectivity index (χ4v) is 1.94. The summed E-state index contributed by atoms with van der Waals surface area (Å²) >= 11 is 0. The van der Waals surface area contributed by atoms with E-state index in [1.165, 1.54) is 0 Å². The molecule has 17 heavy (non-hydrogen) atoms. The Morgan fingerprint density at radius 3 is 2.82 bits per heavy atom. The summed E-state index contributed by atoms with van der Waals surface area (Å²) in [5.74, 6) is -1.03. The fourth-order valence-electron chi connectivity index (χ4n) is 1.94. The molecule has 1 aliphatic rings. The van der Waals surface area contributed by atoms with Gasteiger partial charge in [0.1, 0.15) is 0 Å². The van der Waals surface area contributed by atoms with Crippen LogP contribution in [-0.2, 0) is 14.3 Å². The third kappa shape index (κ3) is 1.63. The van der Waals surface area contributed by atoms with Crippen molar-refractivity contribution in [1.29, 1.82) is 0 Å². The van der Waals surface area contributed by atoms with Crippen molar-refractivity contribution in [2.45, 2.75) is 6.42 Å². The van der Waals surface area contributed by atoms with Gasteiger partial charge in [-0.05, 0) is 12.1 Å². The molecule has 0 bridgehead atoms. The van der Waals surface area contributed by atoms with Crippen molar-refractivity contribution in [3.63, 3.8) is 0 Å². The molecule has 1 aromatic carbocycles. The number of fused-ring (bicyclic) bond motifs is 1. The van der Waals surface area contributed by atoms with Crippen molar-refractivity contribution in [2.24, 2.45) is 0 Å². The Morgan fingerprint density at radius 2 is 2.06 bits per heavy atom. The van der Waals surface area contributed by atoms with E-state index in [4.69, 9.17) is 0 Å². The maximum absolute atomic E-state index is 11.3. The number of carbonyl (C=O) groups excluding carboxylic acids is 2. The van der Waals surface area contributed by atoms with Crippen molar-refractivity contribution in [2.75, 3.05) is 0 Å². The predicted octanol–water partition coefficient (Wildman–Crippen LogP) is 2.02. The van der Waals surface area contributed by atoms with Gasteiger partial charge in [-0.25, -0.2) is 4.79 Å². The second-order valence-corrected chi connectivity index (χ2v) is 3.90. The zero-order valence-electron chi connectivity index (χ0n) is 8.90. The molecule has 0 saturated carbocycles. The second-order valence-electron chi connectivity index (χ2n) is 3.90. The fraction of sp³-hybridized carbons (Fsp3) is 0.0769. The van der Waals surface area contributed by atoms with E-state index in [-0.39, 0.29) is 6.42 Å². The van der Waals surface area contributed by atoms with Crippen LogP contribution in [0.4, 0.5) is 0 Å². The van der Waals surface area contributed by atoms with Gasteiger partial charge >= 0.3 is 11.9 Å². The maximum atomic E-state index is 11.3. The summed E-state index contributed by atoms with van der Waals surface area (Å²) < 4.78 is 4.48. The SMILES string of the molecule is O=C1CC(=Cc2c[nH]c3ccccc23)C(=O)O1. The Kier molecular flexibility index (Phi) is 2.08. The predicted molar refractivity (Wildman–Crippen MR) is 62.0 cm³/mol. The molecule has 0 atom stereocenters. The molecule has 1 fully saturated rings. The van der Waals surface area contributed by atoms with Crippen molar-refractivity contribution in [3.05, 3.63) is 41.6 Å². The van der Waals surface area contributed by atoms with Crippen LogP contribution < -0.4 is 0 Å². The highest BCUT2D eigenvalue weighted by Gasteiger charge is 2.26. The molecule has 2 heterocycles. The van der Waals surface area contributed by atoms with Crippen molar-refractivity contribution in [1.82, 2.24) is 4.98 Å². The number of carbonyl (C=O) groups is 2. The summed E-state index contributed by atoms with van der Waals surface area (Å²) in [7, 11) is 0.